The molecule has 1 N–H and O–H groups in total. The number of para-hydroxylation sites is 1. The number of fused-ring (bicyclic) bond motifs is 1. The van der Waals surface area contributed by atoms with Crippen molar-refractivity contribution >= 4 is 40.1 Å². The van der Waals surface area contributed by atoms with E-state index in [1.807, 2.05) is 6.07 Å². The van der Waals surface area contributed by atoms with Crippen LogP contribution in [-0.2, 0) is 0 Å². The quantitative estimate of drug-likeness (QED) is 0.757. The first kappa shape index (κ1) is 16.0. The van der Waals surface area contributed by atoms with Crippen molar-refractivity contribution in [3.63, 3.8) is 0 Å². The average Bonchev–Trinajstić information content (AvgIpc) is 2.57. The predicted octanol–water partition coefficient (Wildman–Crippen LogP) is 3.26. The molecule has 1 heterocycles. The molecule has 0 saturated heterocycles. The first-order chi connectivity index (χ1) is 11.4. The fourth-order valence-corrected chi connectivity index (χ4v) is 2.60. The van der Waals surface area contributed by atoms with Crippen LogP contribution < -0.4 is 5.43 Å². The summed E-state index contributed by atoms with van der Waals surface area (Å²) in [7, 11) is 0. The Morgan fingerprint density at radius 2 is 1.96 bits per heavy atom. The molecule has 0 aliphatic carbocycles. The lowest BCUT2D eigenvalue weighted by Gasteiger charge is -2.12. The van der Waals surface area contributed by atoms with E-state index in [0.29, 0.717) is 10.7 Å². The van der Waals surface area contributed by atoms with Gasteiger partial charge in [0.05, 0.1) is 32.2 Å². The molecule has 0 spiro atoms. The lowest BCUT2D eigenvalue weighted by atomic mass is 10.1. The van der Waals surface area contributed by atoms with Gasteiger partial charge < -0.3 is 5.11 Å². The number of halogens is 2. The van der Waals surface area contributed by atoms with Crippen LogP contribution >= 0.6 is 23.2 Å². The molecule has 0 fully saturated rings. The second-order valence-electron chi connectivity index (χ2n) is 4.81. The van der Waals surface area contributed by atoms with Gasteiger partial charge in [0.1, 0.15) is 6.07 Å². The van der Waals surface area contributed by atoms with Crippen molar-refractivity contribution in [3.05, 3.63) is 67.9 Å². The number of rotatable bonds is 2. The lowest BCUT2D eigenvalue weighted by molar-refractivity contribution is 0.0687. The SMILES string of the molecule is N#Cc1cccc2c(=O)c(C(=O)O)nn(-c3ccc(Cl)c(Cl)c3)c12. The fraction of sp³-hybridized carbons (Fsp3) is 0. The maximum atomic E-state index is 12.3. The minimum atomic E-state index is -1.46. The van der Waals surface area contributed by atoms with Crippen molar-refractivity contribution < 1.29 is 9.90 Å². The van der Waals surface area contributed by atoms with Gasteiger partial charge in [-0.15, -0.1) is 0 Å². The van der Waals surface area contributed by atoms with Gasteiger partial charge in [-0.1, -0.05) is 29.3 Å². The van der Waals surface area contributed by atoms with Gasteiger partial charge >= 0.3 is 5.97 Å². The number of carboxylic acid groups (broad SMARTS) is 1. The molecule has 118 valence electrons. The molecule has 0 atom stereocenters. The third-order valence-electron chi connectivity index (χ3n) is 3.38. The summed E-state index contributed by atoms with van der Waals surface area (Å²) in [6.07, 6.45) is 0. The van der Waals surface area contributed by atoms with E-state index < -0.39 is 17.1 Å². The summed E-state index contributed by atoms with van der Waals surface area (Å²) in [6, 6.07) is 11.0. The van der Waals surface area contributed by atoms with Crippen LogP contribution in [0.25, 0.3) is 16.6 Å². The molecule has 2 aromatic carbocycles. The molecule has 0 aliphatic rings. The van der Waals surface area contributed by atoms with E-state index in [0.717, 1.165) is 0 Å². The number of carboxylic acids is 1. The Morgan fingerprint density at radius 3 is 2.58 bits per heavy atom. The van der Waals surface area contributed by atoms with E-state index in [9.17, 15) is 20.0 Å². The molecule has 3 rings (SSSR count). The van der Waals surface area contributed by atoms with E-state index in [1.165, 1.54) is 35.0 Å². The first-order valence-electron chi connectivity index (χ1n) is 6.59. The summed E-state index contributed by atoms with van der Waals surface area (Å²) < 4.78 is 1.21. The van der Waals surface area contributed by atoms with Gasteiger partial charge in [0.2, 0.25) is 11.1 Å². The number of aromatic nitrogens is 2. The Labute approximate surface area is 145 Å². The molecule has 1 aromatic heterocycles. The summed E-state index contributed by atoms with van der Waals surface area (Å²) in [6.45, 7) is 0. The predicted molar refractivity (Wildman–Crippen MR) is 89.0 cm³/mol. The van der Waals surface area contributed by atoms with E-state index in [2.05, 4.69) is 5.10 Å². The number of carbonyl (C=O) groups is 1. The minimum Gasteiger partial charge on any atom is -0.476 e. The van der Waals surface area contributed by atoms with Gasteiger partial charge in [0.25, 0.3) is 0 Å². The molecule has 0 amide bonds. The Morgan fingerprint density at radius 1 is 1.21 bits per heavy atom. The zero-order valence-corrected chi connectivity index (χ0v) is 13.3. The summed E-state index contributed by atoms with van der Waals surface area (Å²) >= 11 is 11.9. The van der Waals surface area contributed by atoms with Gasteiger partial charge in [-0.25, -0.2) is 9.48 Å². The number of nitriles is 1. The van der Waals surface area contributed by atoms with Gasteiger partial charge in [-0.05, 0) is 30.3 Å². The van der Waals surface area contributed by atoms with Crippen LogP contribution in [0.4, 0.5) is 0 Å². The highest BCUT2D eigenvalue weighted by Gasteiger charge is 2.19. The highest BCUT2D eigenvalue weighted by atomic mass is 35.5. The number of aromatic carboxylic acids is 1. The van der Waals surface area contributed by atoms with Crippen LogP contribution in [0.5, 0.6) is 0 Å². The normalized spacial score (nSPS) is 10.5. The molecule has 24 heavy (non-hydrogen) atoms. The number of hydrogen-bond donors (Lipinski definition) is 1. The molecule has 8 heteroatoms. The topological polar surface area (TPSA) is 96.0 Å². The van der Waals surface area contributed by atoms with Crippen molar-refractivity contribution in [2.75, 3.05) is 0 Å². The number of hydrogen-bond acceptors (Lipinski definition) is 4. The molecular weight excluding hydrogens is 353 g/mol. The third-order valence-corrected chi connectivity index (χ3v) is 4.12. The van der Waals surface area contributed by atoms with Gasteiger partial charge in [-0.2, -0.15) is 10.4 Å². The smallest absolute Gasteiger partial charge is 0.360 e. The molecular formula is C16H7Cl2N3O3. The third kappa shape index (κ3) is 2.50. The highest BCUT2D eigenvalue weighted by molar-refractivity contribution is 6.42. The van der Waals surface area contributed by atoms with Gasteiger partial charge in [-0.3, -0.25) is 4.79 Å². The molecule has 0 unspecified atom stereocenters. The van der Waals surface area contributed by atoms with E-state index in [-0.39, 0.29) is 21.5 Å². The van der Waals surface area contributed by atoms with Gasteiger partial charge in [0, 0.05) is 0 Å². The Kier molecular flexibility index (Phi) is 3.97. The van der Waals surface area contributed by atoms with Crippen molar-refractivity contribution in [1.82, 2.24) is 9.78 Å². The zero-order valence-electron chi connectivity index (χ0n) is 11.8. The van der Waals surface area contributed by atoms with E-state index in [4.69, 9.17) is 23.2 Å². The van der Waals surface area contributed by atoms with E-state index in [1.54, 1.807) is 6.07 Å². The molecule has 3 aromatic rings. The summed E-state index contributed by atoms with van der Waals surface area (Å²) in [5, 5.41) is 23.1. The maximum Gasteiger partial charge on any atom is 0.360 e. The van der Waals surface area contributed by atoms with Crippen LogP contribution in [0.2, 0.25) is 10.0 Å². The largest absolute Gasteiger partial charge is 0.476 e. The fourth-order valence-electron chi connectivity index (χ4n) is 2.31. The highest BCUT2D eigenvalue weighted by Crippen LogP contribution is 2.26. The Hall–Kier alpha value is -2.88. The second-order valence-corrected chi connectivity index (χ2v) is 5.62. The minimum absolute atomic E-state index is 0.0764. The maximum absolute atomic E-state index is 12.3. The molecule has 0 saturated carbocycles. The average molecular weight is 360 g/mol. The summed E-state index contributed by atoms with van der Waals surface area (Å²) in [5.74, 6) is -1.46. The van der Waals surface area contributed by atoms with Crippen LogP contribution in [0.3, 0.4) is 0 Å². The molecule has 0 aliphatic heterocycles. The first-order valence-corrected chi connectivity index (χ1v) is 7.34. The van der Waals surface area contributed by atoms with Gasteiger partial charge in [0.15, 0.2) is 0 Å². The van der Waals surface area contributed by atoms with Crippen LogP contribution in [-0.4, -0.2) is 20.9 Å². The lowest BCUT2D eigenvalue weighted by Crippen LogP contribution is -2.22. The van der Waals surface area contributed by atoms with Crippen LogP contribution in [0.1, 0.15) is 16.1 Å². The monoisotopic (exact) mass is 359 g/mol. The summed E-state index contributed by atoms with van der Waals surface area (Å²) in [4.78, 5) is 23.7. The van der Waals surface area contributed by atoms with E-state index >= 15 is 0 Å². The van der Waals surface area contributed by atoms with Crippen molar-refractivity contribution in [2.45, 2.75) is 0 Å². The van der Waals surface area contributed by atoms with Crippen molar-refractivity contribution in [3.8, 4) is 11.8 Å². The number of nitrogens with zero attached hydrogens (tertiary/aromatic N) is 3. The van der Waals surface area contributed by atoms with Crippen molar-refractivity contribution in [2.24, 2.45) is 0 Å². The van der Waals surface area contributed by atoms with Crippen LogP contribution in [0, 0.1) is 11.3 Å². The van der Waals surface area contributed by atoms with Crippen LogP contribution in [0.15, 0.2) is 41.2 Å². The Bertz CT molecular complexity index is 1100. The molecule has 6 nitrogen and oxygen atoms in total. The number of benzene rings is 2. The Balaban J connectivity index is 2.52. The second kappa shape index (κ2) is 5.96. The summed E-state index contributed by atoms with van der Waals surface area (Å²) in [5.41, 5.74) is -0.650. The molecule has 0 radical (unpaired) electrons. The van der Waals surface area contributed by atoms with Crippen molar-refractivity contribution in [1.29, 1.82) is 5.26 Å². The standard InChI is InChI=1S/C16H7Cl2N3O3/c17-11-5-4-9(6-12(11)18)21-14-8(7-19)2-1-3-10(14)15(22)13(20-21)16(23)24/h1-6H,(H,23,24). The molecule has 0 bridgehead atoms. The zero-order chi connectivity index (χ0) is 17.4.